The zero-order chi connectivity index (χ0) is 15.7. The largest absolute Gasteiger partial charge is 0.352 e. The lowest BCUT2D eigenvalue weighted by Gasteiger charge is -2.15. The minimum absolute atomic E-state index is 0.100. The third kappa shape index (κ3) is 3.19. The summed E-state index contributed by atoms with van der Waals surface area (Å²) in [6, 6.07) is 6.64. The van der Waals surface area contributed by atoms with Crippen LogP contribution in [0, 0.1) is 13.8 Å². The number of carbonyl (C=O) groups excluding carboxylic acids is 1. The van der Waals surface area contributed by atoms with Crippen molar-refractivity contribution in [2.24, 2.45) is 0 Å². The van der Waals surface area contributed by atoms with Gasteiger partial charge in [-0.1, -0.05) is 23.9 Å². The van der Waals surface area contributed by atoms with Crippen LogP contribution in [0.3, 0.4) is 0 Å². The fourth-order valence-electron chi connectivity index (χ4n) is 2.31. The van der Waals surface area contributed by atoms with Gasteiger partial charge >= 0.3 is 0 Å². The predicted molar refractivity (Wildman–Crippen MR) is 89.5 cm³/mol. The van der Waals surface area contributed by atoms with E-state index in [2.05, 4.69) is 46.9 Å². The lowest BCUT2D eigenvalue weighted by Crippen LogP contribution is -2.32. The fraction of sp³-hybridized carbons (Fsp3) is 0.412. The van der Waals surface area contributed by atoms with Gasteiger partial charge in [0.1, 0.15) is 0 Å². The maximum atomic E-state index is 12.1. The Hall–Kier alpha value is -1.75. The first-order valence-corrected chi connectivity index (χ1v) is 8.51. The number of nitrogens with zero attached hydrogens (tertiary/aromatic N) is 2. The van der Waals surface area contributed by atoms with Crippen LogP contribution in [0.5, 0.6) is 0 Å². The van der Waals surface area contributed by atoms with Crippen molar-refractivity contribution in [3.05, 3.63) is 41.7 Å². The second-order valence-electron chi connectivity index (χ2n) is 5.84. The molecule has 1 N–H and O–H groups in total. The summed E-state index contributed by atoms with van der Waals surface area (Å²) >= 11 is 1.50. The Labute approximate surface area is 135 Å². The first-order valence-electron chi connectivity index (χ1n) is 7.63. The second-order valence-corrected chi connectivity index (χ2v) is 7.15. The summed E-state index contributed by atoms with van der Waals surface area (Å²) in [4.78, 5) is 16.5. The molecule has 1 atom stereocenters. The summed E-state index contributed by atoms with van der Waals surface area (Å²) < 4.78 is 2.06. The molecule has 1 aromatic heterocycles. The van der Waals surface area contributed by atoms with Crippen LogP contribution in [-0.4, -0.2) is 26.8 Å². The number of amides is 1. The minimum atomic E-state index is -0.146. The van der Waals surface area contributed by atoms with Crippen molar-refractivity contribution >= 4 is 17.7 Å². The van der Waals surface area contributed by atoms with Gasteiger partial charge in [-0.25, -0.2) is 4.98 Å². The van der Waals surface area contributed by atoms with Gasteiger partial charge in [-0.05, 0) is 50.8 Å². The van der Waals surface area contributed by atoms with Crippen LogP contribution < -0.4 is 5.32 Å². The summed E-state index contributed by atoms with van der Waals surface area (Å²) in [5, 5.41) is 3.76. The molecule has 2 aromatic rings. The van der Waals surface area contributed by atoms with Crippen molar-refractivity contribution in [2.45, 2.75) is 50.1 Å². The highest BCUT2D eigenvalue weighted by Crippen LogP contribution is 2.28. The van der Waals surface area contributed by atoms with Crippen LogP contribution in [0.2, 0.25) is 0 Å². The molecule has 22 heavy (non-hydrogen) atoms. The highest BCUT2D eigenvalue weighted by Gasteiger charge is 2.26. The summed E-state index contributed by atoms with van der Waals surface area (Å²) in [6.07, 6.45) is 5.96. The van der Waals surface area contributed by atoms with Gasteiger partial charge in [0, 0.05) is 18.4 Å². The van der Waals surface area contributed by atoms with E-state index in [0.717, 1.165) is 23.7 Å². The third-order valence-electron chi connectivity index (χ3n) is 4.02. The molecule has 116 valence electrons. The molecule has 0 saturated heterocycles. The highest BCUT2D eigenvalue weighted by atomic mass is 32.2. The van der Waals surface area contributed by atoms with E-state index in [1.54, 1.807) is 6.20 Å². The first kappa shape index (κ1) is 15.2. The Bertz CT molecular complexity index is 691. The van der Waals surface area contributed by atoms with Crippen LogP contribution in [0.15, 0.2) is 35.7 Å². The molecule has 4 nitrogen and oxygen atoms in total. The highest BCUT2D eigenvalue weighted by molar-refractivity contribution is 8.00. The monoisotopic (exact) mass is 315 g/mol. The number of aryl methyl sites for hydroxylation is 1. The van der Waals surface area contributed by atoms with E-state index in [1.165, 1.54) is 22.9 Å². The number of carbonyl (C=O) groups is 1. The van der Waals surface area contributed by atoms with Crippen molar-refractivity contribution in [1.82, 2.24) is 14.9 Å². The number of benzene rings is 1. The van der Waals surface area contributed by atoms with E-state index in [0.29, 0.717) is 6.04 Å². The Morgan fingerprint density at radius 3 is 2.91 bits per heavy atom. The molecule has 1 heterocycles. The number of imidazole rings is 1. The SMILES string of the molecule is Cc1cccc(-n2ccnc2SC(C)C(=O)NC2CC2)c1C. The minimum Gasteiger partial charge on any atom is -0.352 e. The number of rotatable bonds is 5. The molecule has 0 spiro atoms. The molecular formula is C17H21N3OS. The van der Waals surface area contributed by atoms with E-state index < -0.39 is 0 Å². The lowest BCUT2D eigenvalue weighted by atomic mass is 10.1. The van der Waals surface area contributed by atoms with Crippen molar-refractivity contribution < 1.29 is 4.79 Å². The van der Waals surface area contributed by atoms with Gasteiger partial charge in [-0.2, -0.15) is 0 Å². The molecule has 1 aliphatic carbocycles. The molecular weight excluding hydrogens is 294 g/mol. The number of hydrogen-bond donors (Lipinski definition) is 1. The van der Waals surface area contributed by atoms with Crippen LogP contribution in [0.1, 0.15) is 30.9 Å². The van der Waals surface area contributed by atoms with Gasteiger partial charge in [-0.3, -0.25) is 9.36 Å². The quantitative estimate of drug-likeness (QED) is 0.862. The molecule has 1 amide bonds. The van der Waals surface area contributed by atoms with Crippen molar-refractivity contribution in [2.75, 3.05) is 0 Å². The van der Waals surface area contributed by atoms with Gasteiger partial charge < -0.3 is 5.32 Å². The number of thioether (sulfide) groups is 1. The average Bonchev–Trinajstić information content (AvgIpc) is 3.19. The van der Waals surface area contributed by atoms with Crippen LogP contribution in [0.25, 0.3) is 5.69 Å². The predicted octanol–water partition coefficient (Wildman–Crippen LogP) is 3.25. The lowest BCUT2D eigenvalue weighted by molar-refractivity contribution is -0.120. The Kier molecular flexibility index (Phi) is 4.25. The molecule has 5 heteroatoms. The molecule has 1 unspecified atom stereocenters. The molecule has 0 radical (unpaired) electrons. The number of hydrogen-bond acceptors (Lipinski definition) is 3. The van der Waals surface area contributed by atoms with Crippen LogP contribution in [0.4, 0.5) is 0 Å². The van der Waals surface area contributed by atoms with Gasteiger partial charge in [0.25, 0.3) is 0 Å². The van der Waals surface area contributed by atoms with E-state index in [4.69, 9.17) is 0 Å². The second kappa shape index (κ2) is 6.16. The summed E-state index contributed by atoms with van der Waals surface area (Å²) in [7, 11) is 0. The van der Waals surface area contributed by atoms with Crippen molar-refractivity contribution in [1.29, 1.82) is 0 Å². The first-order chi connectivity index (χ1) is 10.6. The Balaban J connectivity index is 1.79. The van der Waals surface area contributed by atoms with Gasteiger partial charge in [0.2, 0.25) is 5.91 Å². The van der Waals surface area contributed by atoms with Crippen LogP contribution >= 0.6 is 11.8 Å². The van der Waals surface area contributed by atoms with E-state index in [1.807, 2.05) is 13.1 Å². The molecule has 1 fully saturated rings. The average molecular weight is 315 g/mol. The summed E-state index contributed by atoms with van der Waals surface area (Å²) in [6.45, 7) is 6.15. The summed E-state index contributed by atoms with van der Waals surface area (Å²) in [5.74, 6) is 0.100. The molecule has 0 aliphatic heterocycles. The van der Waals surface area contributed by atoms with Crippen molar-refractivity contribution in [3.63, 3.8) is 0 Å². The summed E-state index contributed by atoms with van der Waals surface area (Å²) in [5.41, 5.74) is 3.61. The number of aromatic nitrogens is 2. The van der Waals surface area contributed by atoms with Crippen molar-refractivity contribution in [3.8, 4) is 5.69 Å². The molecule has 1 aliphatic rings. The fourth-order valence-corrected chi connectivity index (χ4v) is 3.20. The van der Waals surface area contributed by atoms with E-state index >= 15 is 0 Å². The van der Waals surface area contributed by atoms with Gasteiger partial charge in [0.05, 0.1) is 10.9 Å². The molecule has 0 bridgehead atoms. The Morgan fingerprint density at radius 2 is 2.18 bits per heavy atom. The molecule has 1 aromatic carbocycles. The molecule has 3 rings (SSSR count). The standard InChI is InChI=1S/C17H21N3OS/c1-11-5-4-6-15(12(11)2)20-10-9-18-17(20)22-13(3)16(21)19-14-7-8-14/h4-6,9-10,13-14H,7-8H2,1-3H3,(H,19,21). The Morgan fingerprint density at radius 1 is 1.41 bits per heavy atom. The van der Waals surface area contributed by atoms with Gasteiger partial charge in [0.15, 0.2) is 5.16 Å². The maximum Gasteiger partial charge on any atom is 0.233 e. The smallest absolute Gasteiger partial charge is 0.233 e. The number of nitrogens with one attached hydrogen (secondary N) is 1. The maximum absolute atomic E-state index is 12.1. The zero-order valence-corrected chi connectivity index (χ0v) is 14.0. The normalized spacial score (nSPS) is 15.6. The molecule has 1 saturated carbocycles. The van der Waals surface area contributed by atoms with Gasteiger partial charge in [-0.15, -0.1) is 0 Å². The topological polar surface area (TPSA) is 46.9 Å². The van der Waals surface area contributed by atoms with E-state index in [9.17, 15) is 4.79 Å². The van der Waals surface area contributed by atoms with Crippen LogP contribution in [-0.2, 0) is 4.79 Å². The zero-order valence-electron chi connectivity index (χ0n) is 13.2. The third-order valence-corrected chi connectivity index (χ3v) is 5.10. The van der Waals surface area contributed by atoms with E-state index in [-0.39, 0.29) is 11.2 Å².